The van der Waals surface area contributed by atoms with Gasteiger partial charge >= 0.3 is 0 Å². The molecule has 0 aromatic heterocycles. The van der Waals surface area contributed by atoms with Crippen molar-refractivity contribution in [1.29, 1.82) is 0 Å². The van der Waals surface area contributed by atoms with Crippen LogP contribution in [0.1, 0.15) is 160 Å². The van der Waals surface area contributed by atoms with Gasteiger partial charge in [-0.3, -0.25) is 4.99 Å². The smallest absolute Gasteiger partial charge is 0.0845 e. The van der Waals surface area contributed by atoms with E-state index in [4.69, 9.17) is 9.98 Å². The van der Waals surface area contributed by atoms with Gasteiger partial charge in [-0.15, -0.1) is 0 Å². The monoisotopic (exact) mass is 585 g/mol. The van der Waals surface area contributed by atoms with Crippen LogP contribution in [-0.2, 0) is 25.7 Å². The first-order valence-corrected chi connectivity index (χ1v) is 18.1. The molecule has 0 atom stereocenters. The second-order valence-electron chi connectivity index (χ2n) is 12.6. The zero-order chi connectivity index (χ0) is 31.1. The molecule has 0 fully saturated rings. The molecule has 43 heavy (non-hydrogen) atoms. The standard InChI is InChI=1S/C41H64N2/c1-7-12-13-14-15-16-17-18-19-20-21-22-27-41(43-40-32-37(25-10-4)29-38(33-40)26-11-5)34(6)42-39-30-35(23-8-2)28-36(31-39)24-9-3/h22,27-33H,7-21,23-26H2,1-6H3. The minimum atomic E-state index is 0.987. The van der Waals surface area contributed by atoms with Gasteiger partial charge in [0.1, 0.15) is 0 Å². The summed E-state index contributed by atoms with van der Waals surface area (Å²) in [6.07, 6.45) is 28.4. The number of hydrogen-bond acceptors (Lipinski definition) is 2. The SMILES string of the molecule is CCCCCCCCCCCCC=CC(=Nc1cc(CCC)cc(CCC)c1)C(C)=Nc1cc(CCC)cc(CCC)c1. The molecular weight excluding hydrogens is 520 g/mol. The fourth-order valence-electron chi connectivity index (χ4n) is 5.92. The third-order valence-corrected chi connectivity index (χ3v) is 8.15. The highest BCUT2D eigenvalue weighted by Crippen LogP contribution is 2.24. The summed E-state index contributed by atoms with van der Waals surface area (Å²) >= 11 is 0. The van der Waals surface area contributed by atoms with Gasteiger partial charge < -0.3 is 0 Å². The molecule has 0 bridgehead atoms. The van der Waals surface area contributed by atoms with Crippen LogP contribution in [0.4, 0.5) is 11.4 Å². The van der Waals surface area contributed by atoms with Gasteiger partial charge in [-0.1, -0.05) is 136 Å². The third-order valence-electron chi connectivity index (χ3n) is 8.15. The van der Waals surface area contributed by atoms with Crippen molar-refractivity contribution in [2.75, 3.05) is 0 Å². The number of allylic oxidation sites excluding steroid dienone is 2. The summed E-state index contributed by atoms with van der Waals surface area (Å²) in [6.45, 7) is 13.5. The molecular formula is C41H64N2. The van der Waals surface area contributed by atoms with Gasteiger partial charge in [0.15, 0.2) is 0 Å². The average Bonchev–Trinajstić information content (AvgIpc) is 2.97. The van der Waals surface area contributed by atoms with Crippen LogP contribution >= 0.6 is 0 Å². The van der Waals surface area contributed by atoms with Gasteiger partial charge in [-0.2, -0.15) is 0 Å². The van der Waals surface area contributed by atoms with E-state index in [1.807, 2.05) is 0 Å². The van der Waals surface area contributed by atoms with Crippen molar-refractivity contribution in [1.82, 2.24) is 0 Å². The lowest BCUT2D eigenvalue weighted by molar-refractivity contribution is 0.557. The van der Waals surface area contributed by atoms with E-state index in [1.54, 1.807) is 0 Å². The Kier molecular flexibility index (Phi) is 19.6. The van der Waals surface area contributed by atoms with Crippen LogP contribution in [0, 0.1) is 0 Å². The Hall–Kier alpha value is -2.48. The molecule has 0 aliphatic rings. The average molecular weight is 585 g/mol. The fourth-order valence-corrected chi connectivity index (χ4v) is 5.92. The van der Waals surface area contributed by atoms with Crippen molar-refractivity contribution >= 4 is 22.8 Å². The molecule has 0 heterocycles. The Morgan fingerprint density at radius 2 is 0.884 bits per heavy atom. The lowest BCUT2D eigenvalue weighted by Crippen LogP contribution is -2.07. The number of aryl methyl sites for hydroxylation is 4. The van der Waals surface area contributed by atoms with Gasteiger partial charge in [0.25, 0.3) is 0 Å². The Balaban J connectivity index is 2.23. The number of aliphatic imine (C=N–C) groups is 2. The van der Waals surface area contributed by atoms with Crippen LogP contribution in [0.2, 0.25) is 0 Å². The quantitative estimate of drug-likeness (QED) is 0.0916. The molecule has 2 aromatic carbocycles. The van der Waals surface area contributed by atoms with Crippen LogP contribution in [-0.4, -0.2) is 11.4 Å². The molecule has 0 spiro atoms. The molecule has 0 N–H and O–H groups in total. The minimum absolute atomic E-state index is 0.987. The lowest BCUT2D eigenvalue weighted by Gasteiger charge is -2.10. The van der Waals surface area contributed by atoms with Crippen LogP contribution in [0.5, 0.6) is 0 Å². The molecule has 2 aromatic rings. The van der Waals surface area contributed by atoms with Crippen molar-refractivity contribution in [3.63, 3.8) is 0 Å². The largest absolute Gasteiger partial charge is 0.251 e. The molecule has 0 radical (unpaired) electrons. The molecule has 2 rings (SSSR count). The number of rotatable bonds is 23. The molecule has 0 unspecified atom stereocenters. The predicted octanol–water partition coefficient (Wildman–Crippen LogP) is 13.2. The maximum atomic E-state index is 5.25. The maximum absolute atomic E-state index is 5.25. The highest BCUT2D eigenvalue weighted by atomic mass is 14.8. The summed E-state index contributed by atoms with van der Waals surface area (Å²) in [5.74, 6) is 0. The van der Waals surface area contributed by atoms with Gasteiger partial charge in [0.05, 0.1) is 22.8 Å². The molecule has 0 saturated heterocycles. The van der Waals surface area contributed by atoms with E-state index in [2.05, 4.69) is 90.1 Å². The second kappa shape index (κ2) is 23.0. The third kappa shape index (κ3) is 15.7. The van der Waals surface area contributed by atoms with E-state index in [0.717, 1.165) is 80.6 Å². The summed E-state index contributed by atoms with van der Waals surface area (Å²) in [4.78, 5) is 10.4. The van der Waals surface area contributed by atoms with Crippen LogP contribution in [0.3, 0.4) is 0 Å². The first kappa shape index (κ1) is 36.7. The molecule has 2 nitrogen and oxygen atoms in total. The van der Waals surface area contributed by atoms with Gasteiger partial charge in [0, 0.05) is 0 Å². The van der Waals surface area contributed by atoms with Gasteiger partial charge in [0.2, 0.25) is 0 Å². The zero-order valence-corrected chi connectivity index (χ0v) is 28.9. The highest BCUT2D eigenvalue weighted by Gasteiger charge is 2.07. The second-order valence-corrected chi connectivity index (χ2v) is 12.6. The number of nitrogens with zero attached hydrogens (tertiary/aromatic N) is 2. The van der Waals surface area contributed by atoms with Crippen molar-refractivity contribution in [2.24, 2.45) is 9.98 Å². The van der Waals surface area contributed by atoms with Crippen LogP contribution < -0.4 is 0 Å². The van der Waals surface area contributed by atoms with Crippen molar-refractivity contribution in [3.05, 3.63) is 70.8 Å². The summed E-state index contributed by atoms with van der Waals surface area (Å²) in [5, 5.41) is 0. The normalized spacial score (nSPS) is 12.5. The number of unbranched alkanes of at least 4 members (excludes halogenated alkanes) is 10. The Morgan fingerprint density at radius 1 is 0.488 bits per heavy atom. The van der Waals surface area contributed by atoms with Crippen molar-refractivity contribution in [2.45, 2.75) is 164 Å². The Bertz CT molecular complexity index is 1070. The molecule has 0 aliphatic heterocycles. The minimum Gasteiger partial charge on any atom is -0.251 e. The topological polar surface area (TPSA) is 24.7 Å². The van der Waals surface area contributed by atoms with Crippen LogP contribution in [0.25, 0.3) is 0 Å². The first-order valence-electron chi connectivity index (χ1n) is 18.1. The van der Waals surface area contributed by atoms with Crippen molar-refractivity contribution in [3.8, 4) is 0 Å². The molecule has 238 valence electrons. The van der Waals surface area contributed by atoms with Crippen molar-refractivity contribution < 1.29 is 0 Å². The maximum Gasteiger partial charge on any atom is 0.0845 e. The van der Waals surface area contributed by atoms with Gasteiger partial charge in [-0.25, -0.2) is 4.99 Å². The van der Waals surface area contributed by atoms with E-state index in [9.17, 15) is 0 Å². The molecule has 2 heteroatoms. The summed E-state index contributed by atoms with van der Waals surface area (Å²) in [7, 11) is 0. The first-order chi connectivity index (χ1) is 21.0. The molecule has 0 amide bonds. The van der Waals surface area contributed by atoms with E-state index in [0.29, 0.717) is 0 Å². The van der Waals surface area contributed by atoms with Crippen LogP contribution in [0.15, 0.2) is 58.5 Å². The predicted molar refractivity (Wildman–Crippen MR) is 194 cm³/mol. The van der Waals surface area contributed by atoms with E-state index < -0.39 is 0 Å². The Morgan fingerprint density at radius 3 is 1.30 bits per heavy atom. The van der Waals surface area contributed by atoms with Gasteiger partial charge in [-0.05, 0) is 98.0 Å². The summed E-state index contributed by atoms with van der Waals surface area (Å²) in [5.41, 5.74) is 9.69. The summed E-state index contributed by atoms with van der Waals surface area (Å²) < 4.78 is 0. The van der Waals surface area contributed by atoms with E-state index in [-0.39, 0.29) is 0 Å². The number of benzene rings is 2. The lowest BCUT2D eigenvalue weighted by atomic mass is 10.0. The zero-order valence-electron chi connectivity index (χ0n) is 28.9. The Labute approximate surface area is 266 Å². The van der Waals surface area contributed by atoms with E-state index >= 15 is 0 Å². The molecule has 0 aliphatic carbocycles. The summed E-state index contributed by atoms with van der Waals surface area (Å²) in [6, 6.07) is 13.9. The van der Waals surface area contributed by atoms with E-state index in [1.165, 1.54) is 86.5 Å². The fraction of sp³-hybridized carbons (Fsp3) is 0.610. The highest BCUT2D eigenvalue weighted by molar-refractivity contribution is 6.46. The number of hydrogen-bond donors (Lipinski definition) is 0. The molecule has 0 saturated carbocycles.